The summed E-state index contributed by atoms with van der Waals surface area (Å²) in [6.07, 6.45) is 0. The van der Waals surface area contributed by atoms with E-state index in [-0.39, 0.29) is 5.91 Å². The van der Waals surface area contributed by atoms with Crippen molar-refractivity contribution < 1.29 is 24.3 Å². The van der Waals surface area contributed by atoms with Gasteiger partial charge in [0, 0.05) is 11.3 Å². The van der Waals surface area contributed by atoms with Crippen molar-refractivity contribution >= 4 is 35.5 Å². The van der Waals surface area contributed by atoms with E-state index in [9.17, 15) is 24.3 Å². The molecule has 3 aliphatic rings. The summed E-state index contributed by atoms with van der Waals surface area (Å²) >= 11 is 1.35. The van der Waals surface area contributed by atoms with E-state index < -0.39 is 52.1 Å². The zero-order valence-electron chi connectivity index (χ0n) is 19.2. The van der Waals surface area contributed by atoms with Crippen LogP contribution in [0.2, 0.25) is 0 Å². The molecule has 0 aromatic heterocycles. The Balaban J connectivity index is 1.34. The second-order valence-corrected chi connectivity index (χ2v) is 11.2. The first kappa shape index (κ1) is 23.4. The summed E-state index contributed by atoms with van der Waals surface area (Å²) < 4.78 is -0.694. The highest BCUT2D eigenvalue weighted by atomic mass is 32.2. The Morgan fingerprint density at radius 1 is 1.11 bits per heavy atom. The van der Waals surface area contributed by atoms with Crippen molar-refractivity contribution in [1.29, 1.82) is 0 Å². The summed E-state index contributed by atoms with van der Waals surface area (Å²) in [5, 5.41) is 17.9. The molecule has 4 N–H and O–H groups in total. The quantitative estimate of drug-likeness (QED) is 0.446. The van der Waals surface area contributed by atoms with Crippen molar-refractivity contribution in [2.45, 2.75) is 54.7 Å². The molecular weight excluding hydrogens is 468 g/mol. The number of thioether (sulfide) groups is 1. The lowest BCUT2D eigenvalue weighted by Gasteiger charge is -2.44. The van der Waals surface area contributed by atoms with Crippen LogP contribution in [-0.4, -0.2) is 55.9 Å². The zero-order chi connectivity index (χ0) is 24.9. The minimum absolute atomic E-state index is 0.345. The molecule has 3 unspecified atom stereocenters. The van der Waals surface area contributed by atoms with Gasteiger partial charge in [-0.2, -0.15) is 0 Å². The van der Waals surface area contributed by atoms with E-state index in [2.05, 4.69) is 16.0 Å². The predicted molar refractivity (Wildman–Crippen MR) is 129 cm³/mol. The van der Waals surface area contributed by atoms with Crippen LogP contribution in [0.15, 0.2) is 54.6 Å². The molecule has 9 nitrogen and oxygen atoms in total. The van der Waals surface area contributed by atoms with Gasteiger partial charge < -0.3 is 20.6 Å². The Hall–Kier alpha value is -3.37. The topological polar surface area (TPSA) is 128 Å². The maximum absolute atomic E-state index is 13.4. The molecule has 5 rings (SSSR count). The largest absolute Gasteiger partial charge is 0.480 e. The summed E-state index contributed by atoms with van der Waals surface area (Å²) in [6, 6.07) is 13.0. The molecule has 10 heteroatoms. The lowest BCUT2D eigenvalue weighted by atomic mass is 9.95. The average molecular weight is 495 g/mol. The second kappa shape index (κ2) is 8.69. The van der Waals surface area contributed by atoms with Crippen LogP contribution in [0.5, 0.6) is 0 Å². The highest BCUT2D eigenvalue weighted by Crippen LogP contribution is 2.50. The number of hydrogen-bond acceptors (Lipinski definition) is 6. The molecule has 0 radical (unpaired) electrons. The number of aliphatic carboxylic acids is 1. The van der Waals surface area contributed by atoms with E-state index in [1.807, 2.05) is 30.3 Å². The van der Waals surface area contributed by atoms with Crippen LogP contribution < -0.4 is 16.0 Å². The monoisotopic (exact) mass is 494 g/mol. The van der Waals surface area contributed by atoms with Crippen molar-refractivity contribution in [3.05, 3.63) is 71.3 Å². The van der Waals surface area contributed by atoms with Gasteiger partial charge in [0.2, 0.25) is 17.7 Å². The van der Waals surface area contributed by atoms with Crippen LogP contribution >= 0.6 is 11.8 Å². The van der Waals surface area contributed by atoms with Crippen LogP contribution in [0.3, 0.4) is 0 Å². The number of amides is 3. The fraction of sp³-hybridized carbons (Fsp3) is 0.360. The highest BCUT2D eigenvalue weighted by Gasteiger charge is 2.64. The van der Waals surface area contributed by atoms with Crippen molar-refractivity contribution in [2.75, 3.05) is 0 Å². The smallest absolute Gasteiger partial charge is 0.327 e. The molecule has 2 saturated heterocycles. The minimum Gasteiger partial charge on any atom is -0.480 e. The van der Waals surface area contributed by atoms with Gasteiger partial charge in [-0.15, -0.1) is 11.8 Å². The molecule has 0 spiro atoms. The maximum atomic E-state index is 13.4. The third-order valence-electron chi connectivity index (χ3n) is 6.78. The number of rotatable bonds is 6. The van der Waals surface area contributed by atoms with Crippen molar-refractivity contribution in [3.8, 4) is 0 Å². The molecule has 0 bridgehead atoms. The minimum atomic E-state index is -1.07. The van der Waals surface area contributed by atoms with Crippen LogP contribution in [0.1, 0.15) is 42.6 Å². The molecule has 2 aromatic carbocycles. The molecule has 35 heavy (non-hydrogen) atoms. The Morgan fingerprint density at radius 2 is 1.80 bits per heavy atom. The molecule has 5 atom stereocenters. The first-order chi connectivity index (χ1) is 16.7. The molecular formula is C25H26N4O5S. The average Bonchev–Trinajstić information content (AvgIpc) is 3.38. The Labute approximate surface area is 206 Å². The van der Waals surface area contributed by atoms with E-state index in [0.717, 1.165) is 11.1 Å². The summed E-state index contributed by atoms with van der Waals surface area (Å²) in [5.74, 6) is -2.37. The van der Waals surface area contributed by atoms with E-state index in [1.54, 1.807) is 38.1 Å². The number of β-lactam (4-membered cyclic amide) rings is 1. The molecule has 0 saturated carbocycles. The van der Waals surface area contributed by atoms with Gasteiger partial charge in [-0.1, -0.05) is 54.6 Å². The Bertz CT molecular complexity index is 1200. The van der Waals surface area contributed by atoms with E-state index in [0.29, 0.717) is 12.1 Å². The highest BCUT2D eigenvalue weighted by molar-refractivity contribution is 8.01. The molecule has 0 aliphatic carbocycles. The van der Waals surface area contributed by atoms with Crippen molar-refractivity contribution in [3.63, 3.8) is 0 Å². The lowest BCUT2D eigenvalue weighted by Crippen LogP contribution is -2.71. The number of fused-ring (bicyclic) bond motifs is 2. The summed E-state index contributed by atoms with van der Waals surface area (Å²) in [4.78, 5) is 52.6. The zero-order valence-corrected chi connectivity index (χ0v) is 20.0. The van der Waals surface area contributed by atoms with Crippen LogP contribution in [0.25, 0.3) is 0 Å². The Morgan fingerprint density at radius 3 is 2.51 bits per heavy atom. The van der Waals surface area contributed by atoms with Crippen molar-refractivity contribution in [1.82, 2.24) is 20.9 Å². The SMILES string of the molecule is CC1(C)S[C@@H]2C(NC(=O)C(NC(=O)C3NCc4ccccc43)c3ccccc3)C(=O)N2[C@H]1C(=O)O. The fourth-order valence-corrected chi connectivity index (χ4v) is 6.71. The van der Waals surface area contributed by atoms with E-state index in [1.165, 1.54) is 16.7 Å². The molecule has 3 heterocycles. The number of carbonyl (C=O) groups excluding carboxylic acids is 3. The third kappa shape index (κ3) is 3.96. The summed E-state index contributed by atoms with van der Waals surface area (Å²) in [7, 11) is 0. The maximum Gasteiger partial charge on any atom is 0.327 e. The van der Waals surface area contributed by atoms with Crippen molar-refractivity contribution in [2.24, 2.45) is 0 Å². The number of hydrogen-bond donors (Lipinski definition) is 4. The van der Waals surface area contributed by atoms with Gasteiger partial charge in [0.1, 0.15) is 29.5 Å². The van der Waals surface area contributed by atoms with Gasteiger partial charge in [0.05, 0.1) is 0 Å². The van der Waals surface area contributed by atoms with Crippen LogP contribution in [0.4, 0.5) is 0 Å². The van der Waals surface area contributed by atoms with Crippen LogP contribution in [0, 0.1) is 0 Å². The number of benzene rings is 2. The van der Waals surface area contributed by atoms with Gasteiger partial charge in [-0.05, 0) is 30.5 Å². The lowest BCUT2D eigenvalue weighted by molar-refractivity contribution is -0.161. The first-order valence-corrected chi connectivity index (χ1v) is 12.3. The molecule has 182 valence electrons. The fourth-order valence-electron chi connectivity index (χ4n) is 5.09. The van der Waals surface area contributed by atoms with Gasteiger partial charge in [0.25, 0.3) is 0 Å². The number of carbonyl (C=O) groups is 4. The molecule has 2 fully saturated rings. The van der Waals surface area contributed by atoms with Gasteiger partial charge in [0.15, 0.2) is 0 Å². The number of carboxylic acid groups (broad SMARTS) is 1. The normalized spacial score (nSPS) is 26.8. The Kier molecular flexibility index (Phi) is 5.80. The van der Waals surface area contributed by atoms with E-state index in [4.69, 9.17) is 0 Å². The molecule has 3 amide bonds. The second-order valence-electron chi connectivity index (χ2n) is 9.45. The molecule has 3 aliphatic heterocycles. The number of carboxylic acids is 1. The first-order valence-electron chi connectivity index (χ1n) is 11.4. The predicted octanol–water partition coefficient (Wildman–Crippen LogP) is 1.32. The van der Waals surface area contributed by atoms with Crippen LogP contribution in [-0.2, 0) is 25.7 Å². The van der Waals surface area contributed by atoms with Gasteiger partial charge in [-0.25, -0.2) is 4.79 Å². The molecule has 2 aromatic rings. The standard InChI is InChI=1S/C25H26N4O5S/c1-25(2)19(24(33)34)29-22(32)18(23(29)35-25)28-20(30)16(13-8-4-3-5-9-13)27-21(31)17-15-11-7-6-10-14(15)12-26-17/h3-11,16-19,23,26H,12H2,1-2H3,(H,27,31)(H,28,30)(H,33,34)/t16?,17?,18?,19-,23+/m0/s1. The number of nitrogens with zero attached hydrogens (tertiary/aromatic N) is 1. The summed E-state index contributed by atoms with van der Waals surface area (Å²) in [6.45, 7) is 4.11. The van der Waals surface area contributed by atoms with E-state index >= 15 is 0 Å². The van der Waals surface area contributed by atoms with Gasteiger partial charge in [-0.3, -0.25) is 19.7 Å². The van der Waals surface area contributed by atoms with Gasteiger partial charge >= 0.3 is 5.97 Å². The third-order valence-corrected chi connectivity index (χ3v) is 8.35. The number of nitrogens with one attached hydrogen (secondary N) is 3. The summed E-state index contributed by atoms with van der Waals surface area (Å²) in [5.41, 5.74) is 2.48.